The minimum atomic E-state index is 0.149. The van der Waals surface area contributed by atoms with E-state index in [-0.39, 0.29) is 6.04 Å². The lowest BCUT2D eigenvalue weighted by molar-refractivity contribution is 0.872. The van der Waals surface area contributed by atoms with Crippen LogP contribution >= 0.6 is 23.1 Å². The molecule has 0 spiro atoms. The molecule has 0 aromatic carbocycles. The van der Waals surface area contributed by atoms with Gasteiger partial charge < -0.3 is 5.32 Å². The fourth-order valence-corrected chi connectivity index (χ4v) is 3.33. The van der Waals surface area contributed by atoms with Crippen LogP contribution < -0.4 is 5.32 Å². The first-order chi connectivity index (χ1) is 9.78. The molecule has 0 saturated carbocycles. The highest BCUT2D eigenvalue weighted by Gasteiger charge is 2.12. The van der Waals surface area contributed by atoms with Crippen LogP contribution in [0, 0.1) is 0 Å². The van der Waals surface area contributed by atoms with Crippen LogP contribution in [0.2, 0.25) is 0 Å². The summed E-state index contributed by atoms with van der Waals surface area (Å²) in [5.41, 5.74) is 1.92. The molecule has 0 fully saturated rings. The molecule has 3 heterocycles. The zero-order chi connectivity index (χ0) is 13.9. The number of hydrogen-bond acceptors (Lipinski definition) is 7. The molecule has 20 heavy (non-hydrogen) atoms. The SMILES string of the molecule is CSc1nc2ncnc(N[C@H](C)c3ccncc3)c2s1. The van der Waals surface area contributed by atoms with Gasteiger partial charge in [-0.15, -0.1) is 11.3 Å². The Kier molecular flexibility index (Phi) is 3.79. The summed E-state index contributed by atoms with van der Waals surface area (Å²) < 4.78 is 2.00. The Bertz CT molecular complexity index is 713. The zero-order valence-electron chi connectivity index (χ0n) is 11.1. The topological polar surface area (TPSA) is 63.6 Å². The van der Waals surface area contributed by atoms with Crippen molar-refractivity contribution in [3.8, 4) is 0 Å². The Morgan fingerprint density at radius 1 is 1.25 bits per heavy atom. The van der Waals surface area contributed by atoms with Crippen molar-refractivity contribution in [1.82, 2.24) is 19.9 Å². The number of aromatic nitrogens is 4. The van der Waals surface area contributed by atoms with E-state index in [1.807, 2.05) is 18.4 Å². The van der Waals surface area contributed by atoms with E-state index in [1.54, 1.807) is 41.8 Å². The van der Waals surface area contributed by atoms with Crippen LogP contribution in [0.1, 0.15) is 18.5 Å². The minimum Gasteiger partial charge on any atom is -0.362 e. The Morgan fingerprint density at radius 2 is 2.05 bits per heavy atom. The average Bonchev–Trinajstić information content (AvgIpc) is 2.92. The number of rotatable bonds is 4. The Balaban J connectivity index is 1.92. The molecular weight excluding hydrogens is 290 g/mol. The molecule has 3 aromatic heterocycles. The molecule has 0 aliphatic rings. The third-order valence-corrected chi connectivity index (χ3v) is 4.94. The molecule has 3 rings (SSSR count). The van der Waals surface area contributed by atoms with E-state index in [2.05, 4.69) is 32.2 Å². The molecule has 0 bridgehead atoms. The van der Waals surface area contributed by atoms with Crippen LogP contribution in [-0.4, -0.2) is 26.2 Å². The van der Waals surface area contributed by atoms with Gasteiger partial charge in [0.25, 0.3) is 0 Å². The molecule has 1 N–H and O–H groups in total. The van der Waals surface area contributed by atoms with E-state index in [9.17, 15) is 0 Å². The van der Waals surface area contributed by atoms with Crippen molar-refractivity contribution < 1.29 is 0 Å². The fraction of sp³-hybridized carbons (Fsp3) is 0.231. The first-order valence-corrected chi connectivity index (χ1v) is 8.14. The van der Waals surface area contributed by atoms with Gasteiger partial charge in [-0.1, -0.05) is 11.8 Å². The third kappa shape index (κ3) is 2.59. The molecule has 5 nitrogen and oxygen atoms in total. The summed E-state index contributed by atoms with van der Waals surface area (Å²) >= 11 is 3.24. The maximum absolute atomic E-state index is 4.45. The molecule has 0 aliphatic carbocycles. The average molecular weight is 303 g/mol. The number of thioether (sulfide) groups is 1. The van der Waals surface area contributed by atoms with Crippen molar-refractivity contribution in [2.75, 3.05) is 11.6 Å². The second kappa shape index (κ2) is 5.72. The number of hydrogen-bond donors (Lipinski definition) is 1. The quantitative estimate of drug-likeness (QED) is 0.746. The van der Waals surface area contributed by atoms with Crippen molar-refractivity contribution in [2.45, 2.75) is 17.3 Å². The van der Waals surface area contributed by atoms with E-state index in [1.165, 1.54) is 5.56 Å². The van der Waals surface area contributed by atoms with Gasteiger partial charge in [-0.25, -0.2) is 15.0 Å². The second-order valence-corrected chi connectivity index (χ2v) is 6.26. The molecule has 1 atom stereocenters. The molecular formula is C13H13N5S2. The summed E-state index contributed by atoms with van der Waals surface area (Å²) in [4.78, 5) is 17.0. The molecule has 3 aromatic rings. The maximum atomic E-state index is 4.45. The zero-order valence-corrected chi connectivity index (χ0v) is 12.7. The predicted molar refractivity (Wildman–Crippen MR) is 83.3 cm³/mol. The minimum absolute atomic E-state index is 0.149. The van der Waals surface area contributed by atoms with Crippen molar-refractivity contribution >= 4 is 39.3 Å². The van der Waals surface area contributed by atoms with E-state index in [0.29, 0.717) is 0 Å². The highest BCUT2D eigenvalue weighted by Crippen LogP contribution is 2.32. The summed E-state index contributed by atoms with van der Waals surface area (Å²) in [6.07, 6.45) is 7.15. The van der Waals surface area contributed by atoms with Gasteiger partial charge in [0.05, 0.1) is 6.04 Å². The van der Waals surface area contributed by atoms with Gasteiger partial charge in [0.15, 0.2) is 9.99 Å². The number of nitrogens with zero attached hydrogens (tertiary/aromatic N) is 4. The number of fused-ring (bicyclic) bond motifs is 1. The first kappa shape index (κ1) is 13.3. The van der Waals surface area contributed by atoms with E-state index >= 15 is 0 Å². The van der Waals surface area contributed by atoms with Crippen LogP contribution in [0.3, 0.4) is 0 Å². The Hall–Kier alpha value is -1.73. The number of anilines is 1. The number of thiazole rings is 1. The van der Waals surface area contributed by atoms with Crippen molar-refractivity contribution in [1.29, 1.82) is 0 Å². The second-order valence-electron chi connectivity index (χ2n) is 4.21. The third-order valence-electron chi connectivity index (χ3n) is 2.91. The van der Waals surface area contributed by atoms with Gasteiger partial charge >= 0.3 is 0 Å². The largest absolute Gasteiger partial charge is 0.362 e. The summed E-state index contributed by atoms with van der Waals surface area (Å²) in [5.74, 6) is 0.831. The highest BCUT2D eigenvalue weighted by atomic mass is 32.2. The van der Waals surface area contributed by atoms with Crippen LogP contribution in [-0.2, 0) is 0 Å². The Morgan fingerprint density at radius 3 is 2.80 bits per heavy atom. The van der Waals surface area contributed by atoms with Crippen LogP contribution in [0.5, 0.6) is 0 Å². The highest BCUT2D eigenvalue weighted by molar-refractivity contribution is 8.00. The molecule has 0 saturated heterocycles. The lowest BCUT2D eigenvalue weighted by Crippen LogP contribution is -2.08. The molecule has 0 aliphatic heterocycles. The monoisotopic (exact) mass is 303 g/mol. The summed E-state index contributed by atoms with van der Waals surface area (Å²) in [7, 11) is 0. The van der Waals surface area contributed by atoms with Gasteiger partial charge in [-0.2, -0.15) is 0 Å². The normalized spacial score (nSPS) is 12.5. The van der Waals surface area contributed by atoms with Gasteiger partial charge in [-0.3, -0.25) is 4.98 Å². The van der Waals surface area contributed by atoms with E-state index in [4.69, 9.17) is 0 Å². The van der Waals surface area contributed by atoms with Crippen LogP contribution in [0.15, 0.2) is 35.2 Å². The summed E-state index contributed by atoms with van der Waals surface area (Å²) in [5, 5.41) is 3.42. The smallest absolute Gasteiger partial charge is 0.176 e. The van der Waals surface area contributed by atoms with Crippen molar-refractivity contribution in [3.05, 3.63) is 36.4 Å². The molecule has 7 heteroatoms. The number of pyridine rings is 1. The molecule has 102 valence electrons. The maximum Gasteiger partial charge on any atom is 0.176 e. The lowest BCUT2D eigenvalue weighted by Gasteiger charge is -2.14. The van der Waals surface area contributed by atoms with Crippen molar-refractivity contribution in [3.63, 3.8) is 0 Å². The fourth-order valence-electron chi connectivity index (χ4n) is 1.87. The molecule has 0 radical (unpaired) electrons. The van der Waals surface area contributed by atoms with Gasteiger partial charge in [0, 0.05) is 12.4 Å². The van der Waals surface area contributed by atoms with Crippen LogP contribution in [0.4, 0.5) is 5.82 Å². The molecule has 0 amide bonds. The summed E-state index contributed by atoms with van der Waals surface area (Å²) in [6, 6.07) is 4.14. The predicted octanol–water partition coefficient (Wildman–Crippen LogP) is 3.38. The standard InChI is InChI=1S/C13H13N5S2/c1-8(9-3-5-14-6-4-9)17-11-10-12(16-7-15-11)18-13(19-2)20-10/h3-8H,1-2H3,(H,15,16,17)/t8-/m1/s1. The first-order valence-electron chi connectivity index (χ1n) is 6.10. The van der Waals surface area contributed by atoms with Crippen LogP contribution in [0.25, 0.3) is 10.3 Å². The number of nitrogens with one attached hydrogen (secondary N) is 1. The van der Waals surface area contributed by atoms with Crippen molar-refractivity contribution in [2.24, 2.45) is 0 Å². The lowest BCUT2D eigenvalue weighted by atomic mass is 10.1. The van der Waals surface area contributed by atoms with Gasteiger partial charge in [0.2, 0.25) is 0 Å². The molecule has 0 unspecified atom stereocenters. The van der Waals surface area contributed by atoms with Gasteiger partial charge in [-0.05, 0) is 30.9 Å². The Labute approximate surface area is 124 Å². The summed E-state index contributed by atoms with van der Waals surface area (Å²) in [6.45, 7) is 2.10. The van der Waals surface area contributed by atoms with E-state index < -0.39 is 0 Å². The van der Waals surface area contributed by atoms with E-state index in [0.717, 1.165) is 20.5 Å². The van der Waals surface area contributed by atoms with Gasteiger partial charge in [0.1, 0.15) is 16.8 Å².